The van der Waals surface area contributed by atoms with Crippen molar-refractivity contribution in [3.05, 3.63) is 29.8 Å². The molecule has 0 aromatic heterocycles. The molecule has 100 valence electrons. The van der Waals surface area contributed by atoms with Crippen molar-refractivity contribution in [3.63, 3.8) is 0 Å². The Hall–Kier alpha value is -1.06. The zero-order chi connectivity index (χ0) is 13.0. The van der Waals surface area contributed by atoms with Crippen LogP contribution in [-0.2, 0) is 6.54 Å². The molecule has 0 spiro atoms. The zero-order valence-electron chi connectivity index (χ0n) is 11.6. The molecule has 18 heavy (non-hydrogen) atoms. The summed E-state index contributed by atoms with van der Waals surface area (Å²) in [4.78, 5) is 2.39. The van der Waals surface area contributed by atoms with Crippen molar-refractivity contribution < 1.29 is 4.74 Å². The van der Waals surface area contributed by atoms with Gasteiger partial charge in [0.1, 0.15) is 5.75 Å². The minimum Gasteiger partial charge on any atom is -0.497 e. The van der Waals surface area contributed by atoms with Gasteiger partial charge in [-0.05, 0) is 50.6 Å². The van der Waals surface area contributed by atoms with E-state index in [1.807, 2.05) is 12.1 Å². The number of hydrogen-bond donors (Lipinski definition) is 1. The highest BCUT2D eigenvalue weighted by atomic mass is 16.5. The molecule has 1 aliphatic carbocycles. The monoisotopic (exact) mass is 248 g/mol. The molecule has 0 radical (unpaired) electrons. The molecule has 0 saturated heterocycles. The molecule has 3 nitrogen and oxygen atoms in total. The summed E-state index contributed by atoms with van der Waals surface area (Å²) in [5.74, 6) is 1.82. The fraction of sp³-hybridized carbons (Fsp3) is 0.600. The SMILES string of the molecule is CNC(CN(C)Cc1ccc(OC)cc1)C1CC1. The van der Waals surface area contributed by atoms with Gasteiger partial charge in [0.15, 0.2) is 0 Å². The first-order valence-corrected chi connectivity index (χ1v) is 6.71. The van der Waals surface area contributed by atoms with Crippen LogP contribution >= 0.6 is 0 Å². The average molecular weight is 248 g/mol. The van der Waals surface area contributed by atoms with Crippen LogP contribution in [0.2, 0.25) is 0 Å². The van der Waals surface area contributed by atoms with E-state index in [0.29, 0.717) is 6.04 Å². The van der Waals surface area contributed by atoms with Gasteiger partial charge in [0.2, 0.25) is 0 Å². The summed E-state index contributed by atoms with van der Waals surface area (Å²) in [5.41, 5.74) is 1.34. The first kappa shape index (κ1) is 13.4. The number of hydrogen-bond acceptors (Lipinski definition) is 3. The van der Waals surface area contributed by atoms with E-state index in [-0.39, 0.29) is 0 Å². The Morgan fingerprint density at radius 3 is 2.50 bits per heavy atom. The Morgan fingerprint density at radius 2 is 2.00 bits per heavy atom. The summed E-state index contributed by atoms with van der Waals surface area (Å²) in [7, 11) is 5.97. The van der Waals surface area contributed by atoms with Crippen LogP contribution in [0.25, 0.3) is 0 Å². The quantitative estimate of drug-likeness (QED) is 0.800. The molecule has 3 heteroatoms. The van der Waals surface area contributed by atoms with Gasteiger partial charge in [-0.2, -0.15) is 0 Å². The van der Waals surface area contributed by atoms with E-state index in [2.05, 4.69) is 36.4 Å². The van der Waals surface area contributed by atoms with Crippen LogP contribution in [0, 0.1) is 5.92 Å². The lowest BCUT2D eigenvalue weighted by molar-refractivity contribution is 0.274. The maximum Gasteiger partial charge on any atom is 0.118 e. The van der Waals surface area contributed by atoms with Gasteiger partial charge in [0, 0.05) is 19.1 Å². The molecule has 1 fully saturated rings. The molecule has 1 saturated carbocycles. The Morgan fingerprint density at radius 1 is 1.33 bits per heavy atom. The largest absolute Gasteiger partial charge is 0.497 e. The van der Waals surface area contributed by atoms with Crippen LogP contribution < -0.4 is 10.1 Å². The lowest BCUT2D eigenvalue weighted by atomic mass is 10.1. The van der Waals surface area contributed by atoms with Crippen molar-refractivity contribution in [2.24, 2.45) is 5.92 Å². The third kappa shape index (κ3) is 3.72. The minimum absolute atomic E-state index is 0.647. The van der Waals surface area contributed by atoms with Crippen molar-refractivity contribution in [1.82, 2.24) is 10.2 Å². The summed E-state index contributed by atoms with van der Waals surface area (Å²) < 4.78 is 5.17. The number of methoxy groups -OCH3 is 1. The van der Waals surface area contributed by atoms with E-state index in [1.165, 1.54) is 18.4 Å². The molecule has 1 unspecified atom stereocenters. The number of likely N-dealkylation sites (N-methyl/N-ethyl adjacent to an activating group) is 2. The molecule has 1 N–H and O–H groups in total. The van der Waals surface area contributed by atoms with E-state index >= 15 is 0 Å². The van der Waals surface area contributed by atoms with E-state index in [1.54, 1.807) is 7.11 Å². The van der Waals surface area contributed by atoms with Gasteiger partial charge in [-0.25, -0.2) is 0 Å². The molecule has 0 aliphatic heterocycles. The van der Waals surface area contributed by atoms with Crippen molar-refractivity contribution in [3.8, 4) is 5.75 Å². The maximum atomic E-state index is 5.17. The van der Waals surface area contributed by atoms with Crippen LogP contribution in [0.15, 0.2) is 24.3 Å². The Balaban J connectivity index is 1.83. The molecule has 0 heterocycles. The second-order valence-corrected chi connectivity index (χ2v) is 5.28. The van der Waals surface area contributed by atoms with Gasteiger partial charge in [0.25, 0.3) is 0 Å². The van der Waals surface area contributed by atoms with Gasteiger partial charge in [-0.1, -0.05) is 12.1 Å². The zero-order valence-corrected chi connectivity index (χ0v) is 11.6. The highest BCUT2D eigenvalue weighted by molar-refractivity contribution is 5.27. The van der Waals surface area contributed by atoms with Crippen molar-refractivity contribution in [1.29, 1.82) is 0 Å². The Labute approximate surface area is 110 Å². The van der Waals surface area contributed by atoms with Crippen LogP contribution in [-0.4, -0.2) is 38.7 Å². The highest BCUT2D eigenvalue weighted by Gasteiger charge is 2.30. The van der Waals surface area contributed by atoms with Gasteiger partial charge >= 0.3 is 0 Å². The van der Waals surface area contributed by atoms with Crippen LogP contribution in [0.5, 0.6) is 5.75 Å². The smallest absolute Gasteiger partial charge is 0.118 e. The molecule has 1 aromatic carbocycles. The van der Waals surface area contributed by atoms with Crippen molar-refractivity contribution in [2.45, 2.75) is 25.4 Å². The van der Waals surface area contributed by atoms with Gasteiger partial charge in [-0.3, -0.25) is 0 Å². The van der Waals surface area contributed by atoms with Crippen LogP contribution in [0.3, 0.4) is 0 Å². The standard InChI is InChI=1S/C15H24N2O/c1-16-15(13-6-7-13)11-17(2)10-12-4-8-14(18-3)9-5-12/h4-5,8-9,13,15-16H,6-7,10-11H2,1-3H3. The lowest BCUT2D eigenvalue weighted by Gasteiger charge is -2.23. The summed E-state index contributed by atoms with van der Waals surface area (Å²) in [6.45, 7) is 2.11. The molecule has 0 amide bonds. The maximum absolute atomic E-state index is 5.17. The van der Waals surface area contributed by atoms with E-state index < -0.39 is 0 Å². The highest BCUT2D eigenvalue weighted by Crippen LogP contribution is 2.32. The number of benzene rings is 1. The third-order valence-electron chi connectivity index (χ3n) is 3.68. The van der Waals surface area contributed by atoms with Gasteiger partial charge in [0.05, 0.1) is 7.11 Å². The Kier molecular flexibility index (Phi) is 4.61. The van der Waals surface area contributed by atoms with Crippen LogP contribution in [0.4, 0.5) is 0 Å². The van der Waals surface area contributed by atoms with Gasteiger partial charge < -0.3 is 15.0 Å². The predicted molar refractivity (Wildman–Crippen MR) is 74.9 cm³/mol. The molecular formula is C15H24N2O. The number of nitrogens with one attached hydrogen (secondary N) is 1. The second kappa shape index (κ2) is 6.21. The molecular weight excluding hydrogens is 224 g/mol. The van der Waals surface area contributed by atoms with Crippen LogP contribution in [0.1, 0.15) is 18.4 Å². The summed E-state index contributed by atoms with van der Waals surface area (Å²) in [5, 5.41) is 3.44. The summed E-state index contributed by atoms with van der Waals surface area (Å²) >= 11 is 0. The fourth-order valence-electron chi connectivity index (χ4n) is 2.42. The first-order valence-electron chi connectivity index (χ1n) is 6.71. The van der Waals surface area contributed by atoms with E-state index in [0.717, 1.165) is 24.8 Å². The second-order valence-electron chi connectivity index (χ2n) is 5.28. The molecule has 1 aliphatic rings. The predicted octanol–water partition coefficient (Wildman–Crippen LogP) is 2.12. The summed E-state index contributed by atoms with van der Waals surface area (Å²) in [6, 6.07) is 8.98. The number of nitrogens with zero attached hydrogens (tertiary/aromatic N) is 1. The average Bonchev–Trinajstić information content (AvgIpc) is 3.21. The molecule has 1 aromatic rings. The molecule has 2 rings (SSSR count). The lowest BCUT2D eigenvalue weighted by Crippen LogP contribution is -2.38. The first-order chi connectivity index (χ1) is 8.72. The number of rotatable bonds is 7. The topological polar surface area (TPSA) is 24.5 Å². The summed E-state index contributed by atoms with van der Waals surface area (Å²) in [6.07, 6.45) is 2.78. The van der Waals surface area contributed by atoms with E-state index in [4.69, 9.17) is 4.74 Å². The number of ether oxygens (including phenoxy) is 1. The van der Waals surface area contributed by atoms with Gasteiger partial charge in [-0.15, -0.1) is 0 Å². The van der Waals surface area contributed by atoms with E-state index in [9.17, 15) is 0 Å². The van der Waals surface area contributed by atoms with Crippen molar-refractivity contribution >= 4 is 0 Å². The molecule has 0 bridgehead atoms. The molecule has 1 atom stereocenters. The van der Waals surface area contributed by atoms with Crippen molar-refractivity contribution in [2.75, 3.05) is 27.7 Å². The Bertz CT molecular complexity index is 359. The third-order valence-corrected chi connectivity index (χ3v) is 3.68. The fourth-order valence-corrected chi connectivity index (χ4v) is 2.42. The normalized spacial score (nSPS) is 16.9. The minimum atomic E-state index is 0.647.